The van der Waals surface area contributed by atoms with Gasteiger partial charge >= 0.3 is 0 Å². The number of carbonyl (C=O) groups is 2. The number of nitrogens with one attached hydrogen (secondary N) is 3. The molecule has 0 aliphatic rings. The molecule has 0 aliphatic heterocycles. The number of ether oxygens (including phenoxy) is 1. The maximum atomic E-state index is 12.4. The van der Waals surface area contributed by atoms with Crippen LogP contribution in [0.2, 0.25) is 0 Å². The van der Waals surface area contributed by atoms with Gasteiger partial charge in [-0.2, -0.15) is 0 Å². The van der Waals surface area contributed by atoms with Crippen molar-refractivity contribution in [2.45, 2.75) is 46.3 Å². The Morgan fingerprint density at radius 3 is 2.21 bits per heavy atom. The lowest BCUT2D eigenvalue weighted by molar-refractivity contribution is 0.0918. The molecule has 0 atom stereocenters. The normalized spacial score (nSPS) is 11.0. The molecule has 0 bridgehead atoms. The summed E-state index contributed by atoms with van der Waals surface area (Å²) in [4.78, 5) is 24.6. The summed E-state index contributed by atoms with van der Waals surface area (Å²) in [6.45, 7) is 9.61. The highest BCUT2D eigenvalue weighted by atomic mass is 32.1. The zero-order chi connectivity index (χ0) is 21.6. The Kier molecular flexibility index (Phi) is 7.34. The Bertz CT molecular complexity index is 887. The van der Waals surface area contributed by atoms with Gasteiger partial charge in [0.15, 0.2) is 5.11 Å². The molecule has 2 aromatic carbocycles. The van der Waals surface area contributed by atoms with Gasteiger partial charge in [-0.1, -0.05) is 6.07 Å². The summed E-state index contributed by atoms with van der Waals surface area (Å²) in [5.41, 5.74) is 1.35. The van der Waals surface area contributed by atoms with E-state index in [1.54, 1.807) is 48.5 Å². The standard InChI is InChI=1S/C22H27N3O3S/c1-14(2)28-18-8-6-7-16(13-18)19(26)24-21(29)23-17-11-9-15(10-12-17)20(27)25-22(3,4)5/h6-14H,1-5H3,(H,25,27)(H2,23,24,26,29). The molecule has 0 saturated carbocycles. The molecular weight excluding hydrogens is 386 g/mol. The maximum absolute atomic E-state index is 12.4. The van der Waals surface area contributed by atoms with Crippen LogP contribution in [0, 0.1) is 0 Å². The van der Waals surface area contributed by atoms with Crippen LogP contribution < -0.4 is 20.7 Å². The zero-order valence-electron chi connectivity index (χ0n) is 17.3. The van der Waals surface area contributed by atoms with Gasteiger partial charge in [0, 0.05) is 22.4 Å². The summed E-state index contributed by atoms with van der Waals surface area (Å²) < 4.78 is 5.61. The molecule has 154 valence electrons. The lowest BCUT2D eigenvalue weighted by atomic mass is 10.1. The summed E-state index contributed by atoms with van der Waals surface area (Å²) in [6, 6.07) is 13.8. The van der Waals surface area contributed by atoms with E-state index in [4.69, 9.17) is 17.0 Å². The quantitative estimate of drug-likeness (QED) is 0.643. The van der Waals surface area contributed by atoms with Crippen LogP contribution in [0.3, 0.4) is 0 Å². The van der Waals surface area contributed by atoms with Gasteiger partial charge in [-0.05, 0) is 89.3 Å². The molecule has 6 nitrogen and oxygen atoms in total. The second-order valence-corrected chi connectivity index (χ2v) is 8.29. The predicted octanol–water partition coefficient (Wildman–Crippen LogP) is 4.13. The Balaban J connectivity index is 1.95. The number of hydrogen-bond acceptors (Lipinski definition) is 4. The first-order valence-corrected chi connectivity index (χ1v) is 9.76. The van der Waals surface area contributed by atoms with Crippen LogP contribution in [0.15, 0.2) is 48.5 Å². The van der Waals surface area contributed by atoms with E-state index in [1.165, 1.54) is 0 Å². The first-order chi connectivity index (χ1) is 13.5. The van der Waals surface area contributed by atoms with E-state index in [0.29, 0.717) is 22.6 Å². The smallest absolute Gasteiger partial charge is 0.257 e. The fourth-order valence-electron chi connectivity index (χ4n) is 2.44. The van der Waals surface area contributed by atoms with E-state index in [9.17, 15) is 9.59 Å². The minimum atomic E-state index is -0.335. The number of benzene rings is 2. The maximum Gasteiger partial charge on any atom is 0.257 e. The van der Waals surface area contributed by atoms with E-state index >= 15 is 0 Å². The van der Waals surface area contributed by atoms with Crippen molar-refractivity contribution in [3.63, 3.8) is 0 Å². The van der Waals surface area contributed by atoms with E-state index < -0.39 is 0 Å². The van der Waals surface area contributed by atoms with Crippen LogP contribution in [0.5, 0.6) is 5.75 Å². The zero-order valence-corrected chi connectivity index (χ0v) is 18.1. The highest BCUT2D eigenvalue weighted by Gasteiger charge is 2.15. The van der Waals surface area contributed by atoms with E-state index in [-0.39, 0.29) is 28.6 Å². The molecule has 0 spiro atoms. The number of amides is 2. The lowest BCUT2D eigenvalue weighted by Gasteiger charge is -2.20. The molecule has 2 rings (SSSR count). The first kappa shape index (κ1) is 22.4. The van der Waals surface area contributed by atoms with Crippen molar-refractivity contribution in [1.82, 2.24) is 10.6 Å². The molecule has 7 heteroatoms. The van der Waals surface area contributed by atoms with Gasteiger partial charge in [-0.15, -0.1) is 0 Å². The molecule has 0 fully saturated rings. The minimum Gasteiger partial charge on any atom is -0.491 e. The highest BCUT2D eigenvalue weighted by molar-refractivity contribution is 7.80. The van der Waals surface area contributed by atoms with E-state index in [1.807, 2.05) is 34.6 Å². The topological polar surface area (TPSA) is 79.5 Å². The fourth-order valence-corrected chi connectivity index (χ4v) is 2.65. The molecule has 3 N–H and O–H groups in total. The summed E-state index contributed by atoms with van der Waals surface area (Å²) in [6.07, 6.45) is 0.0181. The molecule has 29 heavy (non-hydrogen) atoms. The first-order valence-electron chi connectivity index (χ1n) is 9.35. The third-order valence-corrected chi connectivity index (χ3v) is 3.79. The monoisotopic (exact) mass is 413 g/mol. The average Bonchev–Trinajstić information content (AvgIpc) is 2.60. The number of carbonyl (C=O) groups excluding carboxylic acids is 2. The summed E-state index contributed by atoms with van der Waals surface area (Å²) in [5, 5.41) is 8.65. The molecule has 0 heterocycles. The van der Waals surface area contributed by atoms with Crippen molar-refractivity contribution >= 4 is 34.8 Å². The number of rotatable bonds is 5. The third kappa shape index (κ3) is 7.54. The molecule has 0 radical (unpaired) electrons. The van der Waals surface area contributed by atoms with Crippen molar-refractivity contribution in [2.75, 3.05) is 5.32 Å². The van der Waals surface area contributed by atoms with Crippen LogP contribution in [0.25, 0.3) is 0 Å². The Labute approximate surface area is 177 Å². The van der Waals surface area contributed by atoms with E-state index in [2.05, 4.69) is 16.0 Å². The highest BCUT2D eigenvalue weighted by Crippen LogP contribution is 2.15. The largest absolute Gasteiger partial charge is 0.491 e. The second-order valence-electron chi connectivity index (χ2n) is 7.88. The fraction of sp³-hybridized carbons (Fsp3) is 0.318. The van der Waals surface area contributed by atoms with Crippen LogP contribution in [-0.2, 0) is 0 Å². The van der Waals surface area contributed by atoms with Crippen molar-refractivity contribution in [3.05, 3.63) is 59.7 Å². The molecule has 0 unspecified atom stereocenters. The molecular formula is C22H27N3O3S. The Hall–Kier alpha value is -2.93. The van der Waals surface area contributed by atoms with Gasteiger partial charge in [-0.3, -0.25) is 14.9 Å². The van der Waals surface area contributed by atoms with Gasteiger partial charge in [0.25, 0.3) is 11.8 Å². The van der Waals surface area contributed by atoms with Crippen LogP contribution in [-0.4, -0.2) is 28.6 Å². The van der Waals surface area contributed by atoms with Crippen LogP contribution in [0.4, 0.5) is 5.69 Å². The number of hydrogen-bond donors (Lipinski definition) is 3. The van der Waals surface area contributed by atoms with Gasteiger partial charge in [-0.25, -0.2) is 0 Å². The number of anilines is 1. The average molecular weight is 414 g/mol. The second kappa shape index (κ2) is 9.52. The van der Waals surface area contributed by atoms with Gasteiger partial charge in [0.05, 0.1) is 6.10 Å². The summed E-state index contributed by atoms with van der Waals surface area (Å²) >= 11 is 5.22. The molecule has 0 aromatic heterocycles. The predicted molar refractivity (Wildman–Crippen MR) is 120 cm³/mol. The van der Waals surface area contributed by atoms with Crippen LogP contribution >= 0.6 is 12.2 Å². The van der Waals surface area contributed by atoms with Crippen molar-refractivity contribution in [2.24, 2.45) is 0 Å². The molecule has 2 amide bonds. The van der Waals surface area contributed by atoms with Crippen molar-refractivity contribution in [3.8, 4) is 5.75 Å². The SMILES string of the molecule is CC(C)Oc1cccc(C(=O)NC(=S)Nc2ccc(C(=O)NC(C)(C)C)cc2)c1. The minimum absolute atomic E-state index is 0.0181. The molecule has 0 aliphatic carbocycles. The molecule has 2 aromatic rings. The van der Waals surface area contributed by atoms with Gasteiger partial charge < -0.3 is 15.4 Å². The van der Waals surface area contributed by atoms with Crippen LogP contribution in [0.1, 0.15) is 55.3 Å². The van der Waals surface area contributed by atoms with E-state index in [0.717, 1.165) is 0 Å². The number of thiocarbonyl (C=S) groups is 1. The Morgan fingerprint density at radius 1 is 0.966 bits per heavy atom. The summed E-state index contributed by atoms with van der Waals surface area (Å²) in [5.74, 6) is 0.136. The van der Waals surface area contributed by atoms with Crippen molar-refractivity contribution < 1.29 is 14.3 Å². The Morgan fingerprint density at radius 2 is 1.62 bits per heavy atom. The van der Waals surface area contributed by atoms with Gasteiger partial charge in [0.1, 0.15) is 5.75 Å². The summed E-state index contributed by atoms with van der Waals surface area (Å²) in [7, 11) is 0. The third-order valence-electron chi connectivity index (χ3n) is 3.59. The van der Waals surface area contributed by atoms with Crippen molar-refractivity contribution in [1.29, 1.82) is 0 Å². The lowest BCUT2D eigenvalue weighted by Crippen LogP contribution is -2.40. The van der Waals surface area contributed by atoms with Gasteiger partial charge in [0.2, 0.25) is 0 Å². The molecule has 0 saturated heterocycles.